The van der Waals surface area contributed by atoms with Crippen LogP contribution in [0.2, 0.25) is 0 Å². The SMILES string of the molecule is CCCCCCCCCCOc1cc(-c2c3nc(c(C#Cc4ccccc4)c4ccc([nH]4)c(-c4cc(OCCCCCCCCCC)c(OCCCCCCCCCC)c(OCCCCCCCCCC)c4)c4nc(c(C#Cc5ccccc5)c5ccc2[nH]5)C=C4)C=C3)cc(OCCCCCCCCCC)c1OCCCCCCCCCC. The molecular weight excluding hydrogens is 1450 g/mol. The maximum absolute atomic E-state index is 7.11. The van der Waals surface area contributed by atoms with Crippen molar-refractivity contribution in [3.63, 3.8) is 0 Å². The molecule has 2 N–H and O–H groups in total. The summed E-state index contributed by atoms with van der Waals surface area (Å²) in [5.74, 6) is 18.7. The van der Waals surface area contributed by atoms with Crippen molar-refractivity contribution in [1.29, 1.82) is 0 Å². The van der Waals surface area contributed by atoms with Crippen LogP contribution >= 0.6 is 0 Å². The minimum atomic E-state index is 0.565. The summed E-state index contributed by atoms with van der Waals surface area (Å²) in [5.41, 5.74) is 13.2. The van der Waals surface area contributed by atoms with Crippen molar-refractivity contribution in [2.45, 2.75) is 350 Å². The van der Waals surface area contributed by atoms with Gasteiger partial charge in [-0.2, -0.15) is 0 Å². The van der Waals surface area contributed by atoms with Gasteiger partial charge in [-0.05, 0) is 147 Å². The zero-order chi connectivity index (χ0) is 82.3. The quantitative estimate of drug-likeness (QED) is 0.0286. The third-order valence-corrected chi connectivity index (χ3v) is 23.1. The van der Waals surface area contributed by atoms with E-state index in [2.05, 4.69) is 172 Å². The van der Waals surface area contributed by atoms with E-state index in [1.54, 1.807) is 0 Å². The molecule has 638 valence electrons. The summed E-state index contributed by atoms with van der Waals surface area (Å²) in [6, 6.07) is 38.0. The van der Waals surface area contributed by atoms with E-state index in [0.29, 0.717) is 74.1 Å². The van der Waals surface area contributed by atoms with Gasteiger partial charge < -0.3 is 38.4 Å². The average Bonchev–Trinajstić information content (AvgIpc) is 0.897. The normalized spacial score (nSPS) is 11.6. The maximum Gasteiger partial charge on any atom is 0.203 e. The van der Waals surface area contributed by atoms with Crippen LogP contribution in [0.3, 0.4) is 0 Å². The first-order valence-corrected chi connectivity index (χ1v) is 47.9. The van der Waals surface area contributed by atoms with Crippen molar-refractivity contribution in [3.05, 3.63) is 154 Å². The number of fused-ring (bicyclic) bond motifs is 8. The van der Waals surface area contributed by atoms with Gasteiger partial charge in [0.15, 0.2) is 23.0 Å². The minimum Gasteiger partial charge on any atom is -0.490 e. The number of benzene rings is 4. The van der Waals surface area contributed by atoms with Crippen LogP contribution in [-0.2, 0) is 0 Å². The monoisotopic (exact) mass is 1600 g/mol. The zero-order valence-corrected chi connectivity index (χ0v) is 74.2. The van der Waals surface area contributed by atoms with Gasteiger partial charge in [-0.1, -0.05) is 371 Å². The van der Waals surface area contributed by atoms with Crippen LogP contribution in [0.1, 0.15) is 395 Å². The largest absolute Gasteiger partial charge is 0.490 e. The van der Waals surface area contributed by atoms with Gasteiger partial charge in [0.2, 0.25) is 11.5 Å². The Morgan fingerprint density at radius 3 is 0.729 bits per heavy atom. The number of hydrogen-bond donors (Lipinski definition) is 2. The van der Waals surface area contributed by atoms with Gasteiger partial charge in [-0.15, -0.1) is 0 Å². The lowest BCUT2D eigenvalue weighted by atomic mass is 10.0. The van der Waals surface area contributed by atoms with E-state index in [0.717, 1.165) is 166 Å². The lowest BCUT2D eigenvalue weighted by Gasteiger charge is -2.19. The summed E-state index contributed by atoms with van der Waals surface area (Å²) in [4.78, 5) is 19.5. The number of rotatable bonds is 62. The van der Waals surface area contributed by atoms with E-state index in [1.807, 2.05) is 36.4 Å². The molecule has 0 saturated carbocycles. The molecule has 0 unspecified atom stereocenters. The van der Waals surface area contributed by atoms with Crippen molar-refractivity contribution < 1.29 is 28.4 Å². The van der Waals surface area contributed by atoms with E-state index in [4.69, 9.17) is 38.4 Å². The van der Waals surface area contributed by atoms with E-state index < -0.39 is 0 Å². The van der Waals surface area contributed by atoms with Crippen LogP contribution < -0.4 is 28.4 Å². The number of aromatic amines is 2. The fourth-order valence-electron chi connectivity index (χ4n) is 16.0. The number of nitrogens with zero attached hydrogens (tertiary/aromatic N) is 2. The first kappa shape index (κ1) is 93.3. The molecule has 0 radical (unpaired) electrons. The molecule has 0 atom stereocenters. The third-order valence-electron chi connectivity index (χ3n) is 23.1. The summed E-state index contributed by atoms with van der Waals surface area (Å²) < 4.78 is 42.5. The van der Waals surface area contributed by atoms with Crippen molar-refractivity contribution >= 4 is 46.4 Å². The molecule has 10 heteroatoms. The molecule has 7 aromatic rings. The second kappa shape index (κ2) is 57.5. The van der Waals surface area contributed by atoms with E-state index in [1.165, 1.54) is 231 Å². The van der Waals surface area contributed by atoms with Crippen LogP contribution in [0.5, 0.6) is 34.5 Å². The second-order valence-corrected chi connectivity index (χ2v) is 33.3. The molecule has 10 nitrogen and oxygen atoms in total. The highest BCUT2D eigenvalue weighted by Crippen LogP contribution is 2.47. The number of hydrogen-bond acceptors (Lipinski definition) is 8. The van der Waals surface area contributed by atoms with Crippen molar-refractivity contribution in [3.8, 4) is 80.4 Å². The topological polar surface area (TPSA) is 113 Å². The summed E-state index contributed by atoms with van der Waals surface area (Å²) in [6.07, 6.45) is 66.6. The Kier molecular flexibility index (Phi) is 45.5. The lowest BCUT2D eigenvalue weighted by Crippen LogP contribution is -2.07. The van der Waals surface area contributed by atoms with E-state index in [9.17, 15) is 0 Å². The van der Waals surface area contributed by atoms with Crippen LogP contribution in [0, 0.1) is 23.7 Å². The van der Waals surface area contributed by atoms with Gasteiger partial charge in [0.05, 0.1) is 84.6 Å². The fraction of sp³-hybridized carbons (Fsp3) is 0.556. The van der Waals surface area contributed by atoms with Crippen molar-refractivity contribution in [2.24, 2.45) is 0 Å². The highest BCUT2D eigenvalue weighted by atomic mass is 16.5. The predicted molar refractivity (Wildman–Crippen MR) is 503 cm³/mol. The molecule has 0 spiro atoms. The summed E-state index contributed by atoms with van der Waals surface area (Å²) in [6.45, 7) is 17.2. The molecule has 4 aromatic carbocycles. The second-order valence-electron chi connectivity index (χ2n) is 33.3. The summed E-state index contributed by atoms with van der Waals surface area (Å²) in [7, 11) is 0. The Hall–Kier alpha value is -8.60. The predicted octanol–water partition coefficient (Wildman–Crippen LogP) is 31.9. The van der Waals surface area contributed by atoms with Gasteiger partial charge in [0.25, 0.3) is 0 Å². The number of ether oxygens (including phenoxy) is 6. The van der Waals surface area contributed by atoms with Crippen LogP contribution in [0.25, 0.3) is 68.6 Å². The highest BCUT2D eigenvalue weighted by Gasteiger charge is 2.25. The molecule has 2 aliphatic heterocycles. The standard InChI is InChI=1S/C108H150N4O6/c1-7-13-19-25-31-37-43-55-77-113-101-83-89(84-102(114-78-56-44-38-32-26-20-14-8-2)107(101)117-81-59-47-41-35-29-23-17-11-5)105-97-73-69-93(109-97)91(67-65-87-61-51-49-52-62-87)95-71-75-99(111-95)106(100-76-72-96(112-100)92(94-70-74-98(105)110-94)68-66-88-63-53-50-54-64-88)90-85-103(115-79-57-45-39-33-27-21-15-9-3)108(118-82-60-48-42-36-30-24-18-12-6)104(86-90)116-80-58-46-40-34-28-22-16-10-4/h49-54,61-64,69-76,83-86,109,112H,7-48,55-60,77-82H2,1-6H3. The number of unbranched alkanes of at least 4 members (excludes halogenated alkanes) is 42. The highest BCUT2D eigenvalue weighted by molar-refractivity contribution is 5.96. The van der Waals surface area contributed by atoms with Gasteiger partial charge in [-0.25, -0.2) is 9.97 Å². The third kappa shape index (κ3) is 33.2. The molecule has 0 fully saturated rings. The minimum absolute atomic E-state index is 0.565. The molecule has 3 aromatic heterocycles. The molecule has 118 heavy (non-hydrogen) atoms. The first-order chi connectivity index (χ1) is 58.4. The zero-order valence-electron chi connectivity index (χ0n) is 74.2. The smallest absolute Gasteiger partial charge is 0.203 e. The molecule has 0 aliphatic carbocycles. The number of H-pyrrole nitrogens is 2. The fourth-order valence-corrected chi connectivity index (χ4v) is 16.0. The first-order valence-electron chi connectivity index (χ1n) is 47.9. The Morgan fingerprint density at radius 1 is 0.237 bits per heavy atom. The number of aromatic nitrogens is 4. The Bertz CT molecular complexity index is 3970. The molecule has 9 rings (SSSR count). The van der Waals surface area contributed by atoms with Crippen molar-refractivity contribution in [2.75, 3.05) is 39.6 Å². The van der Waals surface area contributed by atoms with Crippen molar-refractivity contribution in [1.82, 2.24) is 19.9 Å². The van der Waals surface area contributed by atoms with E-state index >= 15 is 0 Å². The lowest BCUT2D eigenvalue weighted by molar-refractivity contribution is 0.234. The molecule has 0 amide bonds. The Labute approximate surface area is 714 Å². The molecular formula is C108H150N4O6. The van der Waals surface area contributed by atoms with E-state index in [-0.39, 0.29) is 0 Å². The van der Waals surface area contributed by atoms with Gasteiger partial charge in [0.1, 0.15) is 0 Å². The Morgan fingerprint density at radius 2 is 0.466 bits per heavy atom. The van der Waals surface area contributed by atoms with Gasteiger partial charge in [-0.3, -0.25) is 0 Å². The maximum atomic E-state index is 7.11. The Balaban J connectivity index is 1.25. The van der Waals surface area contributed by atoms with Gasteiger partial charge in [0, 0.05) is 33.3 Å². The molecule has 0 saturated heterocycles. The average molecular weight is 1600 g/mol. The number of nitrogens with one attached hydrogen (secondary N) is 2. The summed E-state index contributed by atoms with van der Waals surface area (Å²) >= 11 is 0. The molecule has 5 heterocycles. The molecule has 8 bridgehead atoms. The van der Waals surface area contributed by atoms with Gasteiger partial charge >= 0.3 is 0 Å². The van der Waals surface area contributed by atoms with Crippen LogP contribution in [0.4, 0.5) is 0 Å². The molecule has 2 aliphatic rings. The summed E-state index contributed by atoms with van der Waals surface area (Å²) in [5, 5.41) is 0. The van der Waals surface area contributed by atoms with Crippen LogP contribution in [0.15, 0.2) is 109 Å². The van der Waals surface area contributed by atoms with Crippen LogP contribution in [-0.4, -0.2) is 59.6 Å².